The summed E-state index contributed by atoms with van der Waals surface area (Å²) >= 11 is 30.3. The van der Waals surface area contributed by atoms with E-state index in [1.807, 2.05) is 0 Å². The number of anilines is 3. The van der Waals surface area contributed by atoms with Crippen LogP contribution in [0, 0.1) is 0 Å². The fraction of sp³-hybridized carbons (Fsp3) is 0. The quantitative estimate of drug-likeness (QED) is 0.250. The number of carbonyl (C=O) groups excluding carboxylic acids is 1. The van der Waals surface area contributed by atoms with Crippen LogP contribution in [0.1, 0.15) is 10.4 Å². The second-order valence-electron chi connectivity index (χ2n) is 6.25. The van der Waals surface area contributed by atoms with E-state index in [1.165, 1.54) is 12.1 Å². The maximum absolute atomic E-state index is 12.6. The second-order valence-corrected chi connectivity index (χ2v) is 8.25. The molecule has 4 aromatic rings. The summed E-state index contributed by atoms with van der Waals surface area (Å²) in [6.07, 6.45) is 0. The van der Waals surface area contributed by atoms with Crippen LogP contribution in [0.4, 0.5) is 17.3 Å². The molecule has 4 rings (SSSR count). The van der Waals surface area contributed by atoms with E-state index < -0.39 is 0 Å². The first-order valence-electron chi connectivity index (χ1n) is 8.48. The highest BCUT2D eigenvalue weighted by Gasteiger charge is 2.13. The average Bonchev–Trinajstić information content (AvgIpc) is 3.10. The van der Waals surface area contributed by atoms with E-state index in [-0.39, 0.29) is 21.0 Å². The fourth-order valence-corrected chi connectivity index (χ4v) is 3.86. The van der Waals surface area contributed by atoms with Crippen LogP contribution in [0.2, 0.25) is 25.1 Å². The summed E-state index contributed by atoms with van der Waals surface area (Å²) in [6.45, 7) is 0. The molecule has 30 heavy (non-hydrogen) atoms. The molecular weight excluding hydrogens is 490 g/mol. The van der Waals surface area contributed by atoms with E-state index in [1.54, 1.807) is 36.4 Å². The number of carbonyl (C=O) groups is 1. The molecule has 1 heterocycles. The van der Waals surface area contributed by atoms with Crippen molar-refractivity contribution in [2.45, 2.75) is 0 Å². The molecule has 3 aromatic carbocycles. The Balaban J connectivity index is 1.58. The van der Waals surface area contributed by atoms with E-state index in [2.05, 4.69) is 20.6 Å². The topological polar surface area (TPSA) is 69.8 Å². The van der Waals surface area contributed by atoms with Gasteiger partial charge in [0.15, 0.2) is 0 Å². The fourth-order valence-electron chi connectivity index (χ4n) is 2.78. The predicted octanol–water partition coefficient (Wildman–Crippen LogP) is 7.83. The van der Waals surface area contributed by atoms with Crippen LogP contribution >= 0.6 is 58.0 Å². The van der Waals surface area contributed by atoms with Crippen LogP contribution in [0.25, 0.3) is 11.0 Å². The van der Waals surface area contributed by atoms with Gasteiger partial charge in [-0.05, 0) is 42.5 Å². The van der Waals surface area contributed by atoms with Gasteiger partial charge in [0, 0.05) is 11.3 Å². The first-order valence-corrected chi connectivity index (χ1v) is 10.4. The number of hydrogen-bond acceptors (Lipinski definition) is 3. The Morgan fingerprint density at radius 2 is 1.53 bits per heavy atom. The van der Waals surface area contributed by atoms with Crippen LogP contribution in [-0.2, 0) is 0 Å². The van der Waals surface area contributed by atoms with Crippen molar-refractivity contribution in [3.8, 4) is 0 Å². The highest BCUT2D eigenvalue weighted by molar-refractivity contribution is 6.48. The number of hydrogen-bond donors (Lipinski definition) is 3. The minimum Gasteiger partial charge on any atom is -0.324 e. The minimum atomic E-state index is -0.343. The van der Waals surface area contributed by atoms with Gasteiger partial charge in [0.1, 0.15) is 0 Å². The summed E-state index contributed by atoms with van der Waals surface area (Å²) in [5.74, 6) is 0.0958. The van der Waals surface area contributed by atoms with Crippen LogP contribution in [0.15, 0.2) is 48.5 Å². The number of nitrogens with zero attached hydrogens (tertiary/aromatic N) is 1. The Morgan fingerprint density at radius 1 is 0.867 bits per heavy atom. The molecule has 0 saturated carbocycles. The number of nitrogens with one attached hydrogen (secondary N) is 3. The molecule has 0 spiro atoms. The van der Waals surface area contributed by atoms with Gasteiger partial charge in [-0.15, -0.1) is 0 Å². The summed E-state index contributed by atoms with van der Waals surface area (Å²) < 4.78 is 0. The summed E-state index contributed by atoms with van der Waals surface area (Å²) in [6, 6.07) is 13.3. The number of fused-ring (bicyclic) bond motifs is 1. The number of para-hydroxylation sites is 1. The number of aromatic amines is 1. The lowest BCUT2D eigenvalue weighted by Gasteiger charge is -2.08. The van der Waals surface area contributed by atoms with Gasteiger partial charge >= 0.3 is 0 Å². The molecule has 3 N–H and O–H groups in total. The molecule has 0 saturated heterocycles. The van der Waals surface area contributed by atoms with Gasteiger partial charge in [-0.2, -0.15) is 0 Å². The van der Waals surface area contributed by atoms with Crippen molar-refractivity contribution in [2.75, 3.05) is 10.6 Å². The van der Waals surface area contributed by atoms with Crippen molar-refractivity contribution in [3.05, 3.63) is 79.2 Å². The largest absolute Gasteiger partial charge is 0.324 e. The monoisotopic (exact) mass is 498 g/mol. The Bertz CT molecular complexity index is 1240. The molecule has 152 valence electrons. The number of imidazole rings is 1. The van der Waals surface area contributed by atoms with Gasteiger partial charge in [-0.1, -0.05) is 64.1 Å². The molecular formula is C20H11Cl5N4O. The van der Waals surface area contributed by atoms with E-state index in [0.717, 1.165) is 0 Å². The number of rotatable bonds is 4. The number of H-pyrrole nitrogens is 1. The zero-order valence-electron chi connectivity index (χ0n) is 14.9. The van der Waals surface area contributed by atoms with Crippen molar-refractivity contribution >= 4 is 92.3 Å². The second kappa shape index (κ2) is 8.53. The molecule has 0 unspecified atom stereocenters. The molecule has 0 fully saturated rings. The molecule has 0 bridgehead atoms. The maximum atomic E-state index is 12.6. The lowest BCUT2D eigenvalue weighted by Crippen LogP contribution is -2.11. The maximum Gasteiger partial charge on any atom is 0.255 e. The average molecular weight is 501 g/mol. The number of benzene rings is 3. The summed E-state index contributed by atoms with van der Waals surface area (Å²) in [7, 11) is 0. The Hall–Kier alpha value is -2.15. The zero-order valence-corrected chi connectivity index (χ0v) is 18.6. The molecule has 0 aliphatic carbocycles. The first-order chi connectivity index (χ1) is 14.3. The van der Waals surface area contributed by atoms with E-state index in [9.17, 15) is 4.79 Å². The molecule has 0 aliphatic heterocycles. The van der Waals surface area contributed by atoms with E-state index in [0.29, 0.717) is 44.0 Å². The van der Waals surface area contributed by atoms with Gasteiger partial charge in [-0.3, -0.25) is 4.79 Å². The summed E-state index contributed by atoms with van der Waals surface area (Å²) in [4.78, 5) is 20.2. The standard InChI is InChI=1S/C20H11Cl5N4O/c21-11-2-1-3-12(22)18(11)29-20-27-15-5-4-9(6-16(15)28-20)19(30)26-10-7-13(23)17(25)14(24)8-10/h1-8H,(H,26,30)(H2,27,28,29). The molecule has 0 aliphatic rings. The molecule has 1 amide bonds. The summed E-state index contributed by atoms with van der Waals surface area (Å²) in [5.41, 5.74) is 2.69. The molecule has 10 heteroatoms. The van der Waals surface area contributed by atoms with E-state index >= 15 is 0 Å². The molecule has 0 radical (unpaired) electrons. The minimum absolute atomic E-state index is 0.230. The van der Waals surface area contributed by atoms with Crippen molar-refractivity contribution in [3.63, 3.8) is 0 Å². The van der Waals surface area contributed by atoms with Crippen LogP contribution in [0.3, 0.4) is 0 Å². The lowest BCUT2D eigenvalue weighted by atomic mass is 10.2. The zero-order chi connectivity index (χ0) is 21.4. The number of aromatic nitrogens is 2. The van der Waals surface area contributed by atoms with Crippen molar-refractivity contribution < 1.29 is 4.79 Å². The molecule has 1 aromatic heterocycles. The highest BCUT2D eigenvalue weighted by Crippen LogP contribution is 2.34. The summed E-state index contributed by atoms with van der Waals surface area (Å²) in [5, 5.41) is 7.45. The SMILES string of the molecule is O=C(Nc1cc(Cl)c(Cl)c(Cl)c1)c1ccc2nc(Nc3c(Cl)cccc3Cl)[nH]c2c1. The highest BCUT2D eigenvalue weighted by atomic mass is 35.5. The van der Waals surface area contributed by atoms with Crippen LogP contribution in [-0.4, -0.2) is 15.9 Å². The normalized spacial score (nSPS) is 11.0. The van der Waals surface area contributed by atoms with Crippen molar-refractivity contribution in [1.29, 1.82) is 0 Å². The van der Waals surface area contributed by atoms with Crippen LogP contribution < -0.4 is 10.6 Å². The lowest BCUT2D eigenvalue weighted by molar-refractivity contribution is 0.102. The third kappa shape index (κ3) is 4.31. The number of halogens is 5. The predicted molar refractivity (Wildman–Crippen MR) is 125 cm³/mol. The van der Waals surface area contributed by atoms with Gasteiger partial charge in [-0.25, -0.2) is 4.98 Å². The van der Waals surface area contributed by atoms with E-state index in [4.69, 9.17) is 58.0 Å². The molecule has 0 atom stereocenters. The third-order valence-electron chi connectivity index (χ3n) is 4.19. The Kier molecular flexibility index (Phi) is 6.00. The van der Waals surface area contributed by atoms with Gasteiger partial charge in [0.25, 0.3) is 5.91 Å². The van der Waals surface area contributed by atoms with Crippen molar-refractivity contribution in [1.82, 2.24) is 9.97 Å². The van der Waals surface area contributed by atoms with Gasteiger partial charge in [0.05, 0.1) is 41.8 Å². The van der Waals surface area contributed by atoms with Gasteiger partial charge < -0.3 is 15.6 Å². The van der Waals surface area contributed by atoms with Gasteiger partial charge in [0.2, 0.25) is 5.95 Å². The van der Waals surface area contributed by atoms with Crippen LogP contribution in [0.5, 0.6) is 0 Å². The smallest absolute Gasteiger partial charge is 0.255 e. The first kappa shape index (κ1) is 21.1. The Morgan fingerprint density at radius 3 is 2.20 bits per heavy atom. The van der Waals surface area contributed by atoms with Crippen molar-refractivity contribution in [2.24, 2.45) is 0 Å². The number of amides is 1. The Labute approximate surface area is 196 Å². The third-order valence-corrected chi connectivity index (χ3v) is 6.02. The molecule has 5 nitrogen and oxygen atoms in total.